The summed E-state index contributed by atoms with van der Waals surface area (Å²) < 4.78 is 11.2. The van der Waals surface area contributed by atoms with E-state index in [9.17, 15) is 10.1 Å². The second kappa shape index (κ2) is 7.03. The lowest BCUT2D eigenvalue weighted by molar-refractivity contribution is -0.385. The first-order valence-electron chi connectivity index (χ1n) is 8.60. The number of thiocarbonyl (C=S) groups is 1. The molecule has 0 aliphatic carbocycles. The number of nitro benzene ring substituents is 1. The second-order valence-corrected chi connectivity index (χ2v) is 7.69. The Morgan fingerprint density at radius 2 is 2.04 bits per heavy atom. The number of hydrazone groups is 1. The van der Waals surface area contributed by atoms with E-state index in [1.807, 2.05) is 19.1 Å². The fourth-order valence-electron chi connectivity index (χ4n) is 3.47. The Morgan fingerprint density at radius 3 is 2.68 bits per heavy atom. The van der Waals surface area contributed by atoms with E-state index in [4.69, 9.17) is 38.4 Å². The maximum Gasteiger partial charge on any atom is 0.272 e. The van der Waals surface area contributed by atoms with E-state index in [2.05, 4.69) is 0 Å². The summed E-state index contributed by atoms with van der Waals surface area (Å²) in [6.45, 7) is 3.86. The van der Waals surface area contributed by atoms with Gasteiger partial charge in [-0.15, -0.1) is 0 Å². The highest BCUT2D eigenvalue weighted by molar-refractivity contribution is 7.83. The third kappa shape index (κ3) is 3.18. The minimum absolute atomic E-state index is 0.0574. The van der Waals surface area contributed by atoms with Gasteiger partial charge < -0.3 is 9.47 Å². The van der Waals surface area contributed by atoms with E-state index >= 15 is 0 Å². The lowest BCUT2D eigenvalue weighted by Gasteiger charge is -2.22. The summed E-state index contributed by atoms with van der Waals surface area (Å²) in [5.74, 6) is 1.33. The molecule has 9 heteroatoms. The number of aryl methyl sites for hydroxylation is 1. The molecule has 2 aliphatic heterocycles. The quantitative estimate of drug-likeness (QED) is 0.240. The Morgan fingerprint density at radius 1 is 1.32 bits per heavy atom. The molecule has 2 aromatic carbocycles. The van der Waals surface area contributed by atoms with Crippen LogP contribution < -0.4 is 9.47 Å². The molecule has 0 spiro atoms. The maximum absolute atomic E-state index is 11.2. The van der Waals surface area contributed by atoms with E-state index in [1.165, 1.54) is 6.07 Å². The zero-order valence-corrected chi connectivity index (χ0v) is 16.7. The van der Waals surface area contributed by atoms with Crippen molar-refractivity contribution in [2.24, 2.45) is 5.10 Å². The summed E-state index contributed by atoms with van der Waals surface area (Å²) in [6.07, 6.45) is 0.651. The van der Waals surface area contributed by atoms with Gasteiger partial charge in [-0.05, 0) is 62.3 Å². The van der Waals surface area contributed by atoms with Crippen molar-refractivity contribution in [1.82, 2.24) is 5.01 Å². The topological polar surface area (TPSA) is 77.2 Å². The number of hydrogen-bond acceptors (Lipinski definition) is 6. The van der Waals surface area contributed by atoms with Crippen LogP contribution in [0.1, 0.15) is 29.2 Å². The Bertz CT molecular complexity index is 1040. The highest BCUT2D eigenvalue weighted by Gasteiger charge is 2.28. The third-order valence-electron chi connectivity index (χ3n) is 4.84. The molecule has 0 N–H and O–H groups in total. The molecule has 2 aliphatic rings. The molecule has 0 aromatic heterocycles. The largest absolute Gasteiger partial charge is 0.454 e. The summed E-state index contributed by atoms with van der Waals surface area (Å²) >= 11 is 11.3. The summed E-state index contributed by atoms with van der Waals surface area (Å²) in [6, 6.07) is 8.68. The molecule has 1 atom stereocenters. The van der Waals surface area contributed by atoms with Crippen molar-refractivity contribution < 1.29 is 14.4 Å². The average Bonchev–Trinajstić information content (AvgIpc) is 3.02. The predicted octanol–water partition coefficient (Wildman–Crippen LogP) is 4.15. The lowest BCUT2D eigenvalue weighted by Crippen LogP contribution is -2.31. The van der Waals surface area contributed by atoms with Crippen molar-refractivity contribution in [3.63, 3.8) is 0 Å². The van der Waals surface area contributed by atoms with Crippen molar-refractivity contribution in [2.75, 3.05) is 6.79 Å². The Labute approximate surface area is 171 Å². The smallest absolute Gasteiger partial charge is 0.272 e. The third-order valence-corrected chi connectivity index (χ3v) is 5.20. The SMILES string of the molecule is Cc1cc(C2=NN(C(=S)Cl)C(C)Cc3cc4c(cc32)OCO4)ccc1[N+](=O)[O-]. The zero-order chi connectivity index (χ0) is 20.0. The van der Waals surface area contributed by atoms with Gasteiger partial charge >= 0.3 is 0 Å². The molecule has 0 bridgehead atoms. The normalized spacial score (nSPS) is 17.6. The van der Waals surface area contributed by atoms with Crippen LogP contribution in [0, 0.1) is 17.0 Å². The van der Waals surface area contributed by atoms with E-state index in [1.54, 1.807) is 24.1 Å². The molecule has 0 saturated carbocycles. The number of halogens is 1. The molecule has 0 fully saturated rings. The minimum Gasteiger partial charge on any atom is -0.454 e. The number of hydrogen-bond donors (Lipinski definition) is 0. The molecule has 144 valence electrons. The van der Waals surface area contributed by atoms with Crippen LogP contribution in [-0.2, 0) is 6.42 Å². The zero-order valence-electron chi connectivity index (χ0n) is 15.1. The van der Waals surface area contributed by atoms with Crippen LogP contribution in [0.15, 0.2) is 35.4 Å². The lowest BCUT2D eigenvalue weighted by atomic mass is 9.93. The first kappa shape index (κ1) is 18.6. The van der Waals surface area contributed by atoms with E-state index in [0.29, 0.717) is 29.2 Å². The summed E-state index contributed by atoms with van der Waals surface area (Å²) in [5, 5.41) is 17.5. The van der Waals surface area contributed by atoms with Gasteiger partial charge in [-0.25, -0.2) is 5.01 Å². The molecule has 2 heterocycles. The van der Waals surface area contributed by atoms with Crippen LogP contribution in [0.25, 0.3) is 0 Å². The number of fused-ring (bicyclic) bond motifs is 2. The molecule has 2 aromatic rings. The van der Waals surface area contributed by atoms with Gasteiger partial charge in [0.1, 0.15) is 0 Å². The van der Waals surface area contributed by atoms with Crippen LogP contribution in [0.2, 0.25) is 0 Å². The molecular formula is C19H16ClN3O4S. The van der Waals surface area contributed by atoms with Crippen molar-refractivity contribution in [2.45, 2.75) is 26.3 Å². The minimum atomic E-state index is -0.401. The summed E-state index contributed by atoms with van der Waals surface area (Å²) in [5.41, 5.74) is 3.84. The first-order valence-corrected chi connectivity index (χ1v) is 9.39. The molecule has 7 nitrogen and oxygen atoms in total. The molecule has 0 amide bonds. The summed E-state index contributed by atoms with van der Waals surface area (Å²) in [4.78, 5) is 10.8. The maximum atomic E-state index is 11.2. The predicted molar refractivity (Wildman–Crippen MR) is 109 cm³/mol. The van der Waals surface area contributed by atoms with Gasteiger partial charge in [-0.1, -0.05) is 11.6 Å². The molecule has 1 unspecified atom stereocenters. The molecule has 4 rings (SSSR count). The fraction of sp³-hybridized carbons (Fsp3) is 0.263. The van der Waals surface area contributed by atoms with E-state index in [0.717, 1.165) is 16.7 Å². The molecule has 0 radical (unpaired) electrons. The Balaban J connectivity index is 1.92. The average molecular weight is 418 g/mol. The van der Waals surface area contributed by atoms with Gasteiger partial charge in [-0.3, -0.25) is 10.1 Å². The number of nitrogens with zero attached hydrogens (tertiary/aromatic N) is 3. The van der Waals surface area contributed by atoms with Crippen molar-refractivity contribution in [3.8, 4) is 11.5 Å². The van der Waals surface area contributed by atoms with Gasteiger partial charge in [0.25, 0.3) is 5.69 Å². The highest BCUT2D eigenvalue weighted by Crippen LogP contribution is 2.38. The Kier molecular flexibility index (Phi) is 4.68. The molecule has 28 heavy (non-hydrogen) atoms. The van der Waals surface area contributed by atoms with Crippen LogP contribution in [0.4, 0.5) is 5.69 Å². The van der Waals surface area contributed by atoms with Crippen LogP contribution in [0.5, 0.6) is 11.5 Å². The van der Waals surface area contributed by atoms with Gasteiger partial charge in [0.15, 0.2) is 15.9 Å². The van der Waals surface area contributed by atoms with Gasteiger partial charge in [0, 0.05) is 22.8 Å². The van der Waals surface area contributed by atoms with Gasteiger partial charge in [0.05, 0.1) is 16.7 Å². The Hall–Kier alpha value is -2.71. The summed E-state index contributed by atoms with van der Waals surface area (Å²) in [7, 11) is 0. The van der Waals surface area contributed by atoms with Crippen LogP contribution >= 0.6 is 23.8 Å². The van der Waals surface area contributed by atoms with Crippen LogP contribution in [-0.4, -0.2) is 32.9 Å². The van der Waals surface area contributed by atoms with Crippen molar-refractivity contribution in [1.29, 1.82) is 0 Å². The molecular weight excluding hydrogens is 402 g/mol. The number of rotatable bonds is 2. The van der Waals surface area contributed by atoms with E-state index < -0.39 is 4.92 Å². The van der Waals surface area contributed by atoms with Crippen molar-refractivity contribution in [3.05, 3.63) is 62.7 Å². The number of ether oxygens (including phenoxy) is 2. The number of benzene rings is 2. The highest BCUT2D eigenvalue weighted by atomic mass is 35.5. The second-order valence-electron chi connectivity index (χ2n) is 6.72. The van der Waals surface area contributed by atoms with Gasteiger partial charge in [-0.2, -0.15) is 5.10 Å². The monoisotopic (exact) mass is 417 g/mol. The standard InChI is InChI=1S/C19H16ClN3O4S/c1-10-5-12(3-4-15(10)23(24)25)18-14-8-17-16(26-9-27-17)7-13(14)6-11(2)22(21-18)19(20)28/h3-5,7-8,11H,6,9H2,1-2H3. The van der Waals surface area contributed by atoms with Crippen LogP contribution in [0.3, 0.4) is 0 Å². The molecule has 0 saturated heterocycles. The van der Waals surface area contributed by atoms with Crippen molar-refractivity contribution >= 4 is 39.7 Å². The number of nitro groups is 1. The fourth-order valence-corrected chi connectivity index (χ4v) is 3.90. The van der Waals surface area contributed by atoms with Gasteiger partial charge in [0.2, 0.25) is 6.79 Å². The first-order chi connectivity index (χ1) is 13.3. The van der Waals surface area contributed by atoms with E-state index in [-0.39, 0.29) is 23.0 Å².